The molecule has 1 saturated heterocycles. The quantitative estimate of drug-likeness (QED) is 0.843. The maximum Gasteiger partial charge on any atom is 0.264 e. The van der Waals surface area contributed by atoms with Crippen molar-refractivity contribution in [3.63, 3.8) is 0 Å². The fraction of sp³-hybridized carbons (Fsp3) is 0.235. The molecule has 4 heteroatoms. The topological polar surface area (TPSA) is 52.6 Å². The molecule has 0 aromatic heterocycles. The molecule has 4 nitrogen and oxygen atoms in total. The van der Waals surface area contributed by atoms with Crippen LogP contribution in [0.5, 0.6) is 0 Å². The predicted molar refractivity (Wildman–Crippen MR) is 79.6 cm³/mol. The lowest BCUT2D eigenvalue weighted by Crippen LogP contribution is -2.37. The maximum atomic E-state index is 12.1. The van der Waals surface area contributed by atoms with Crippen molar-refractivity contribution in [2.75, 3.05) is 0 Å². The van der Waals surface area contributed by atoms with E-state index in [-0.39, 0.29) is 18.1 Å². The Hall–Kier alpha value is -2.17. The van der Waals surface area contributed by atoms with Crippen LogP contribution in [-0.2, 0) is 17.6 Å². The molecule has 1 amide bonds. The van der Waals surface area contributed by atoms with Crippen LogP contribution in [0.25, 0.3) is 0 Å². The number of rotatable bonds is 4. The zero-order chi connectivity index (χ0) is 14.7. The van der Waals surface area contributed by atoms with Gasteiger partial charge in [-0.15, -0.1) is 0 Å². The van der Waals surface area contributed by atoms with Crippen LogP contribution in [0.3, 0.4) is 0 Å². The summed E-state index contributed by atoms with van der Waals surface area (Å²) in [7, 11) is 0. The second-order valence-corrected chi connectivity index (χ2v) is 5.30. The van der Waals surface area contributed by atoms with Crippen molar-refractivity contribution in [1.82, 2.24) is 10.4 Å². The monoisotopic (exact) mass is 282 g/mol. The molecule has 0 radical (unpaired) electrons. The molecule has 1 aliphatic heterocycles. The van der Waals surface area contributed by atoms with Crippen LogP contribution < -0.4 is 5.32 Å². The van der Waals surface area contributed by atoms with E-state index in [0.717, 1.165) is 16.2 Å². The molecular formula is C17H18N2O2. The average molecular weight is 282 g/mol. The van der Waals surface area contributed by atoms with Crippen LogP contribution in [0, 0.1) is 0 Å². The lowest BCUT2D eigenvalue weighted by atomic mass is 10.1. The van der Waals surface area contributed by atoms with Crippen molar-refractivity contribution in [2.24, 2.45) is 0 Å². The van der Waals surface area contributed by atoms with Crippen LogP contribution >= 0.6 is 0 Å². The third kappa shape index (κ3) is 3.12. The van der Waals surface area contributed by atoms with Crippen LogP contribution in [-0.4, -0.2) is 28.4 Å². The number of nitrogens with zero attached hydrogens (tertiary/aromatic N) is 1. The smallest absolute Gasteiger partial charge is 0.264 e. The van der Waals surface area contributed by atoms with Gasteiger partial charge in [0.05, 0.1) is 6.04 Å². The Morgan fingerprint density at radius 3 is 2.00 bits per heavy atom. The first kappa shape index (κ1) is 13.8. The van der Waals surface area contributed by atoms with Crippen molar-refractivity contribution in [3.8, 4) is 0 Å². The second kappa shape index (κ2) is 6.08. The summed E-state index contributed by atoms with van der Waals surface area (Å²) < 4.78 is 0. The van der Waals surface area contributed by atoms with E-state index in [4.69, 9.17) is 0 Å². The number of hydroxylamine groups is 2. The first-order valence-electron chi connectivity index (χ1n) is 7.10. The molecule has 3 rings (SSSR count). The molecule has 0 aliphatic carbocycles. The molecule has 0 bridgehead atoms. The molecule has 2 N–H and O–H groups in total. The Labute approximate surface area is 124 Å². The summed E-state index contributed by atoms with van der Waals surface area (Å²) in [6.45, 7) is 0. The Morgan fingerprint density at radius 1 is 0.905 bits per heavy atom. The molecule has 2 aromatic carbocycles. The fourth-order valence-corrected chi connectivity index (χ4v) is 2.67. The summed E-state index contributed by atoms with van der Waals surface area (Å²) in [4.78, 5) is 12.1. The predicted octanol–water partition coefficient (Wildman–Crippen LogP) is 1.99. The summed E-state index contributed by atoms with van der Waals surface area (Å²) in [5.74, 6) is -0.264. The number of carbonyl (C=O) groups excluding carboxylic acids is 1. The summed E-state index contributed by atoms with van der Waals surface area (Å²) >= 11 is 0. The van der Waals surface area contributed by atoms with Gasteiger partial charge in [0.15, 0.2) is 0 Å². The zero-order valence-corrected chi connectivity index (χ0v) is 11.6. The van der Waals surface area contributed by atoms with Gasteiger partial charge in [-0.2, -0.15) is 0 Å². The van der Waals surface area contributed by atoms with E-state index in [0.29, 0.717) is 12.8 Å². The normalized spacial score (nSPS) is 21.8. The molecule has 1 heterocycles. The van der Waals surface area contributed by atoms with Gasteiger partial charge in [0.2, 0.25) is 0 Å². The third-order valence-electron chi connectivity index (χ3n) is 3.77. The van der Waals surface area contributed by atoms with Gasteiger partial charge in [-0.25, -0.2) is 5.06 Å². The summed E-state index contributed by atoms with van der Waals surface area (Å²) in [6, 6.07) is 19.3. The lowest BCUT2D eigenvalue weighted by molar-refractivity contribution is -0.166. The van der Waals surface area contributed by atoms with Crippen LogP contribution in [0.2, 0.25) is 0 Å². The highest BCUT2D eigenvalue weighted by Crippen LogP contribution is 2.16. The first-order chi connectivity index (χ1) is 10.2. The number of hydrogen-bond donors (Lipinski definition) is 2. The van der Waals surface area contributed by atoms with Gasteiger partial charge in [0.25, 0.3) is 5.91 Å². The molecule has 0 spiro atoms. The number of nitrogens with one attached hydrogen (secondary N) is 1. The van der Waals surface area contributed by atoms with Crippen molar-refractivity contribution in [3.05, 3.63) is 71.8 Å². The minimum Gasteiger partial charge on any atom is -0.284 e. The molecule has 2 atom stereocenters. The van der Waals surface area contributed by atoms with Gasteiger partial charge in [-0.05, 0) is 17.5 Å². The molecule has 21 heavy (non-hydrogen) atoms. The van der Waals surface area contributed by atoms with Gasteiger partial charge in [-0.3, -0.25) is 15.3 Å². The number of amides is 1. The first-order valence-corrected chi connectivity index (χ1v) is 7.10. The van der Waals surface area contributed by atoms with Crippen molar-refractivity contribution in [2.45, 2.75) is 25.0 Å². The van der Waals surface area contributed by atoms with E-state index in [1.165, 1.54) is 0 Å². The molecular weight excluding hydrogens is 264 g/mol. The van der Waals surface area contributed by atoms with E-state index < -0.39 is 0 Å². The van der Waals surface area contributed by atoms with Crippen LogP contribution in [0.4, 0.5) is 0 Å². The lowest BCUT2D eigenvalue weighted by Gasteiger charge is -2.16. The van der Waals surface area contributed by atoms with Gasteiger partial charge >= 0.3 is 0 Å². The summed E-state index contributed by atoms with van der Waals surface area (Å²) in [5.41, 5.74) is 2.17. The third-order valence-corrected chi connectivity index (χ3v) is 3.77. The standard InChI is InChI=1S/C17H18N2O2/c20-17-15(11-13-7-3-1-4-8-13)18-16(19(17)21)12-14-9-5-2-6-10-14/h1-10,15-16,18,21H,11-12H2. The number of benzene rings is 2. The van der Waals surface area contributed by atoms with E-state index in [9.17, 15) is 10.0 Å². The van der Waals surface area contributed by atoms with Gasteiger partial charge < -0.3 is 0 Å². The van der Waals surface area contributed by atoms with Crippen molar-refractivity contribution in [1.29, 1.82) is 0 Å². The average Bonchev–Trinajstić information content (AvgIpc) is 2.78. The fourth-order valence-electron chi connectivity index (χ4n) is 2.67. The maximum absolute atomic E-state index is 12.1. The molecule has 108 valence electrons. The van der Waals surface area contributed by atoms with Gasteiger partial charge in [-0.1, -0.05) is 60.7 Å². The molecule has 1 aliphatic rings. The van der Waals surface area contributed by atoms with Crippen LogP contribution in [0.15, 0.2) is 60.7 Å². The summed E-state index contributed by atoms with van der Waals surface area (Å²) in [6.07, 6.45) is 0.810. The van der Waals surface area contributed by atoms with E-state index in [1.807, 2.05) is 60.7 Å². The SMILES string of the molecule is O=C1C(Cc2ccccc2)NC(Cc2ccccc2)N1O. The van der Waals surface area contributed by atoms with Gasteiger partial charge in [0.1, 0.15) is 6.17 Å². The van der Waals surface area contributed by atoms with Crippen molar-refractivity contribution < 1.29 is 10.0 Å². The van der Waals surface area contributed by atoms with Gasteiger partial charge in [0, 0.05) is 6.42 Å². The molecule has 0 saturated carbocycles. The largest absolute Gasteiger partial charge is 0.284 e. The van der Waals surface area contributed by atoms with Crippen LogP contribution in [0.1, 0.15) is 11.1 Å². The molecule has 2 unspecified atom stereocenters. The Kier molecular flexibility index (Phi) is 3.99. The molecule has 1 fully saturated rings. The van der Waals surface area contributed by atoms with E-state index in [1.54, 1.807) is 0 Å². The number of hydrogen-bond acceptors (Lipinski definition) is 3. The minimum absolute atomic E-state index is 0.264. The number of carbonyl (C=O) groups is 1. The highest BCUT2D eigenvalue weighted by atomic mass is 16.5. The summed E-state index contributed by atoms with van der Waals surface area (Å²) in [5, 5.41) is 14.0. The van der Waals surface area contributed by atoms with Crippen molar-refractivity contribution >= 4 is 5.91 Å². The Bertz CT molecular complexity index is 601. The Balaban J connectivity index is 1.67. The zero-order valence-electron chi connectivity index (χ0n) is 11.6. The second-order valence-electron chi connectivity index (χ2n) is 5.30. The molecule has 2 aromatic rings. The highest BCUT2D eigenvalue weighted by molar-refractivity contribution is 5.83. The Morgan fingerprint density at radius 2 is 1.43 bits per heavy atom. The van der Waals surface area contributed by atoms with E-state index >= 15 is 0 Å². The highest BCUT2D eigenvalue weighted by Gasteiger charge is 2.38. The minimum atomic E-state index is -0.369. The van der Waals surface area contributed by atoms with E-state index in [2.05, 4.69) is 5.32 Å².